The van der Waals surface area contributed by atoms with Crippen LogP contribution in [-0.4, -0.2) is 34.6 Å². The molecule has 8 heteroatoms. The second-order valence-corrected chi connectivity index (χ2v) is 3.29. The molecule has 0 bridgehead atoms. The number of aromatic hydroxyl groups is 1. The number of hydrogen-bond acceptors (Lipinski definition) is 6. The number of aliphatic hydroxyl groups is 1. The number of pyridine rings is 1. The van der Waals surface area contributed by atoms with E-state index in [9.17, 15) is 9.90 Å². The minimum atomic E-state index is -0.662. The molecule has 0 saturated carbocycles. The SMILES string of the molecule is CONC(=O)NN=Cc1c(CO)cnc(C)c1O. The molecule has 0 aromatic carbocycles. The lowest BCUT2D eigenvalue weighted by Crippen LogP contribution is -2.31. The van der Waals surface area contributed by atoms with Crippen LogP contribution in [0.3, 0.4) is 0 Å². The highest BCUT2D eigenvalue weighted by Gasteiger charge is 2.09. The molecule has 0 radical (unpaired) electrons. The van der Waals surface area contributed by atoms with E-state index >= 15 is 0 Å². The predicted octanol–water partition coefficient (Wildman–Crippen LogP) is -0.218. The van der Waals surface area contributed by atoms with Gasteiger partial charge in [-0.3, -0.25) is 9.82 Å². The topological polar surface area (TPSA) is 116 Å². The third-order valence-corrected chi connectivity index (χ3v) is 2.08. The molecule has 0 atom stereocenters. The summed E-state index contributed by atoms with van der Waals surface area (Å²) in [4.78, 5) is 19.2. The van der Waals surface area contributed by atoms with E-state index < -0.39 is 6.03 Å². The number of aromatic nitrogens is 1. The van der Waals surface area contributed by atoms with Crippen molar-refractivity contribution in [1.82, 2.24) is 15.9 Å². The number of urea groups is 1. The van der Waals surface area contributed by atoms with Gasteiger partial charge in [0.1, 0.15) is 5.75 Å². The van der Waals surface area contributed by atoms with Crippen molar-refractivity contribution in [3.8, 4) is 5.75 Å². The van der Waals surface area contributed by atoms with Crippen LogP contribution < -0.4 is 10.9 Å². The van der Waals surface area contributed by atoms with Crippen molar-refractivity contribution in [3.63, 3.8) is 0 Å². The van der Waals surface area contributed by atoms with Gasteiger partial charge < -0.3 is 10.2 Å². The Morgan fingerprint density at radius 3 is 3.00 bits per heavy atom. The molecule has 0 spiro atoms. The summed E-state index contributed by atoms with van der Waals surface area (Å²) in [6, 6.07) is -0.662. The standard InChI is InChI=1S/C10H14N4O4/c1-6-9(16)8(7(5-15)3-11-6)4-12-13-10(17)14-18-2/h3-4,15-16H,5H2,1-2H3,(H2,13,14,17). The fourth-order valence-electron chi connectivity index (χ4n) is 1.19. The molecule has 0 fully saturated rings. The van der Waals surface area contributed by atoms with Gasteiger partial charge in [0.25, 0.3) is 0 Å². The number of nitrogens with zero attached hydrogens (tertiary/aromatic N) is 2. The van der Waals surface area contributed by atoms with Crippen LogP contribution in [0.15, 0.2) is 11.3 Å². The van der Waals surface area contributed by atoms with Gasteiger partial charge >= 0.3 is 6.03 Å². The monoisotopic (exact) mass is 254 g/mol. The maximum absolute atomic E-state index is 11.0. The number of hydrogen-bond donors (Lipinski definition) is 4. The number of aryl methyl sites for hydroxylation is 1. The minimum Gasteiger partial charge on any atom is -0.505 e. The Hall–Kier alpha value is -2.19. The summed E-state index contributed by atoms with van der Waals surface area (Å²) in [7, 11) is 1.28. The van der Waals surface area contributed by atoms with Gasteiger partial charge in [0.05, 0.1) is 25.6 Å². The average molecular weight is 254 g/mol. The van der Waals surface area contributed by atoms with Gasteiger partial charge in [-0.15, -0.1) is 0 Å². The Labute approximate surface area is 103 Å². The van der Waals surface area contributed by atoms with Gasteiger partial charge in [-0.2, -0.15) is 5.10 Å². The molecule has 0 aliphatic carbocycles. The smallest absolute Gasteiger partial charge is 0.359 e. The van der Waals surface area contributed by atoms with Gasteiger partial charge in [0.2, 0.25) is 0 Å². The van der Waals surface area contributed by atoms with E-state index in [-0.39, 0.29) is 12.4 Å². The summed E-state index contributed by atoms with van der Waals surface area (Å²) in [6.45, 7) is 1.31. The van der Waals surface area contributed by atoms with Crippen molar-refractivity contribution in [2.75, 3.05) is 7.11 Å². The maximum atomic E-state index is 11.0. The highest BCUT2D eigenvalue weighted by Crippen LogP contribution is 2.21. The highest BCUT2D eigenvalue weighted by atomic mass is 16.6. The summed E-state index contributed by atoms with van der Waals surface area (Å²) in [5.74, 6) is -0.0979. The Kier molecular flexibility index (Phi) is 5.03. The molecule has 1 aromatic rings. The number of rotatable bonds is 4. The van der Waals surface area contributed by atoms with Crippen LogP contribution in [0, 0.1) is 6.92 Å². The third-order valence-electron chi connectivity index (χ3n) is 2.08. The largest absolute Gasteiger partial charge is 0.505 e. The second kappa shape index (κ2) is 6.52. The van der Waals surface area contributed by atoms with Crippen LogP contribution >= 0.6 is 0 Å². The van der Waals surface area contributed by atoms with E-state index in [1.165, 1.54) is 19.5 Å². The summed E-state index contributed by atoms with van der Waals surface area (Å²) in [5.41, 5.74) is 5.20. The van der Waals surface area contributed by atoms with E-state index in [2.05, 4.69) is 20.3 Å². The molecule has 0 saturated heterocycles. The zero-order valence-corrected chi connectivity index (χ0v) is 9.97. The molecular formula is C10H14N4O4. The lowest BCUT2D eigenvalue weighted by molar-refractivity contribution is 0.108. The molecule has 98 valence electrons. The van der Waals surface area contributed by atoms with Crippen LogP contribution in [-0.2, 0) is 11.4 Å². The Morgan fingerprint density at radius 1 is 1.67 bits per heavy atom. The van der Waals surface area contributed by atoms with Crippen molar-refractivity contribution in [2.45, 2.75) is 13.5 Å². The van der Waals surface area contributed by atoms with Crippen molar-refractivity contribution in [1.29, 1.82) is 0 Å². The molecule has 18 heavy (non-hydrogen) atoms. The number of hydrazone groups is 1. The molecule has 0 aliphatic rings. The Balaban J connectivity index is 2.86. The van der Waals surface area contributed by atoms with E-state index in [1.54, 1.807) is 6.92 Å². The number of carbonyl (C=O) groups is 1. The Morgan fingerprint density at radius 2 is 2.39 bits per heavy atom. The highest BCUT2D eigenvalue weighted by molar-refractivity contribution is 5.86. The first-order valence-corrected chi connectivity index (χ1v) is 5.00. The summed E-state index contributed by atoms with van der Waals surface area (Å²) < 4.78 is 0. The van der Waals surface area contributed by atoms with Crippen LogP contribution in [0.4, 0.5) is 4.79 Å². The predicted molar refractivity (Wildman–Crippen MR) is 62.8 cm³/mol. The minimum absolute atomic E-state index is 0.0979. The Bertz CT molecular complexity index is 461. The van der Waals surface area contributed by atoms with Crippen molar-refractivity contribution in [2.24, 2.45) is 5.10 Å². The van der Waals surface area contributed by atoms with Gasteiger partial charge in [-0.25, -0.2) is 15.7 Å². The number of amides is 2. The van der Waals surface area contributed by atoms with Gasteiger partial charge in [0, 0.05) is 17.3 Å². The van der Waals surface area contributed by atoms with Gasteiger partial charge in [-0.1, -0.05) is 0 Å². The lowest BCUT2D eigenvalue weighted by Gasteiger charge is -2.07. The molecule has 1 heterocycles. The summed E-state index contributed by atoms with van der Waals surface area (Å²) in [5, 5.41) is 22.5. The van der Waals surface area contributed by atoms with Crippen molar-refractivity contribution >= 4 is 12.2 Å². The van der Waals surface area contributed by atoms with E-state index in [0.29, 0.717) is 16.8 Å². The normalized spacial score (nSPS) is 10.6. The summed E-state index contributed by atoms with van der Waals surface area (Å²) in [6.07, 6.45) is 2.64. The number of carbonyl (C=O) groups excluding carboxylic acids is 1. The average Bonchev–Trinajstić information content (AvgIpc) is 2.35. The second-order valence-electron chi connectivity index (χ2n) is 3.29. The van der Waals surface area contributed by atoms with E-state index in [4.69, 9.17) is 5.11 Å². The van der Waals surface area contributed by atoms with Crippen LogP contribution in [0.1, 0.15) is 16.8 Å². The first-order chi connectivity index (χ1) is 8.60. The van der Waals surface area contributed by atoms with Gasteiger partial charge in [-0.05, 0) is 6.92 Å². The van der Waals surface area contributed by atoms with E-state index in [1.807, 2.05) is 5.48 Å². The van der Waals surface area contributed by atoms with E-state index in [0.717, 1.165) is 0 Å². The quantitative estimate of drug-likeness (QED) is 0.438. The molecule has 8 nitrogen and oxygen atoms in total. The fraction of sp³-hybridized carbons (Fsp3) is 0.300. The lowest BCUT2D eigenvalue weighted by atomic mass is 10.1. The fourth-order valence-corrected chi connectivity index (χ4v) is 1.19. The maximum Gasteiger partial charge on any atom is 0.359 e. The summed E-state index contributed by atoms with van der Waals surface area (Å²) >= 11 is 0. The first kappa shape index (κ1) is 13.9. The zero-order valence-electron chi connectivity index (χ0n) is 9.97. The molecule has 1 rings (SSSR count). The van der Waals surface area contributed by atoms with Crippen molar-refractivity contribution in [3.05, 3.63) is 23.0 Å². The van der Waals surface area contributed by atoms with Crippen molar-refractivity contribution < 1.29 is 19.8 Å². The molecule has 0 unspecified atom stereocenters. The van der Waals surface area contributed by atoms with Gasteiger partial charge in [0.15, 0.2) is 0 Å². The van der Waals surface area contributed by atoms with Crippen LogP contribution in [0.2, 0.25) is 0 Å². The molecule has 4 N–H and O–H groups in total. The van der Waals surface area contributed by atoms with Crippen LogP contribution in [0.5, 0.6) is 5.75 Å². The van der Waals surface area contributed by atoms with Crippen LogP contribution in [0.25, 0.3) is 0 Å². The number of nitrogens with one attached hydrogen (secondary N) is 2. The first-order valence-electron chi connectivity index (χ1n) is 5.00. The number of hydroxylamine groups is 1. The number of aliphatic hydroxyl groups excluding tert-OH is 1. The molecule has 2 amide bonds. The molecular weight excluding hydrogens is 240 g/mol. The molecule has 0 aliphatic heterocycles. The third kappa shape index (κ3) is 3.40. The zero-order chi connectivity index (χ0) is 13.5. The molecule has 1 aromatic heterocycles.